The minimum Gasteiger partial charge on any atom is -0.372 e. The second kappa shape index (κ2) is 6.23. The number of hydrogen-bond donors (Lipinski definition) is 1. The summed E-state index contributed by atoms with van der Waals surface area (Å²) in [5.74, 6) is 0.639. The van der Waals surface area contributed by atoms with E-state index in [0.717, 1.165) is 18.8 Å². The van der Waals surface area contributed by atoms with E-state index in [9.17, 15) is 0 Å². The van der Waals surface area contributed by atoms with Gasteiger partial charge >= 0.3 is 0 Å². The number of anilines is 3. The van der Waals surface area contributed by atoms with Crippen molar-refractivity contribution in [1.29, 1.82) is 5.26 Å². The summed E-state index contributed by atoms with van der Waals surface area (Å²) in [6, 6.07) is 10.3. The van der Waals surface area contributed by atoms with Gasteiger partial charge in [-0.1, -0.05) is 0 Å². The van der Waals surface area contributed by atoms with E-state index in [2.05, 4.69) is 32.3 Å². The van der Waals surface area contributed by atoms with Gasteiger partial charge in [-0.05, 0) is 43.5 Å². The van der Waals surface area contributed by atoms with Crippen LogP contribution in [0.4, 0.5) is 17.2 Å². The molecule has 2 aromatic rings. The number of benzene rings is 1. The van der Waals surface area contributed by atoms with Gasteiger partial charge < -0.3 is 10.2 Å². The van der Waals surface area contributed by atoms with Gasteiger partial charge in [0.1, 0.15) is 11.9 Å². The Balaban J connectivity index is 1.67. The molecule has 0 atom stereocenters. The van der Waals surface area contributed by atoms with Gasteiger partial charge in [0, 0.05) is 24.5 Å². The molecule has 1 aliphatic heterocycles. The number of nitriles is 1. The molecule has 0 amide bonds. The molecule has 5 heteroatoms. The standard InChI is InChI=1S/C16H17N5/c17-10-14-11-19-16(12-18-14)20-13-4-6-15(7-5-13)21-8-2-1-3-9-21/h4-7,11-12H,1-3,8-9H2,(H,19,20). The molecule has 21 heavy (non-hydrogen) atoms. The quantitative estimate of drug-likeness (QED) is 0.935. The van der Waals surface area contributed by atoms with Crippen molar-refractivity contribution in [1.82, 2.24) is 9.97 Å². The van der Waals surface area contributed by atoms with Gasteiger partial charge in [-0.2, -0.15) is 5.26 Å². The van der Waals surface area contributed by atoms with E-state index in [1.54, 1.807) is 6.20 Å². The molecule has 1 aromatic carbocycles. The van der Waals surface area contributed by atoms with E-state index >= 15 is 0 Å². The van der Waals surface area contributed by atoms with Crippen LogP contribution in [0, 0.1) is 11.3 Å². The second-order valence-electron chi connectivity index (χ2n) is 5.12. The lowest BCUT2D eigenvalue weighted by Gasteiger charge is -2.28. The molecule has 0 bridgehead atoms. The second-order valence-corrected chi connectivity index (χ2v) is 5.12. The van der Waals surface area contributed by atoms with Crippen molar-refractivity contribution in [2.45, 2.75) is 19.3 Å². The summed E-state index contributed by atoms with van der Waals surface area (Å²) in [6.07, 6.45) is 6.93. The highest BCUT2D eigenvalue weighted by atomic mass is 15.1. The van der Waals surface area contributed by atoms with Crippen molar-refractivity contribution in [3.8, 4) is 6.07 Å². The predicted molar refractivity (Wildman–Crippen MR) is 82.5 cm³/mol. The Morgan fingerprint density at radius 3 is 2.38 bits per heavy atom. The van der Waals surface area contributed by atoms with Crippen molar-refractivity contribution in [3.63, 3.8) is 0 Å². The lowest BCUT2D eigenvalue weighted by Crippen LogP contribution is -2.29. The monoisotopic (exact) mass is 279 g/mol. The molecule has 1 aliphatic rings. The van der Waals surface area contributed by atoms with Crippen LogP contribution in [0.15, 0.2) is 36.7 Å². The van der Waals surface area contributed by atoms with Gasteiger partial charge in [-0.3, -0.25) is 0 Å². The molecule has 1 saturated heterocycles. The van der Waals surface area contributed by atoms with Crippen LogP contribution >= 0.6 is 0 Å². The zero-order valence-corrected chi connectivity index (χ0v) is 11.8. The molecule has 0 saturated carbocycles. The predicted octanol–water partition coefficient (Wildman–Crippen LogP) is 3.08. The molecule has 5 nitrogen and oxygen atoms in total. The van der Waals surface area contributed by atoms with E-state index in [-0.39, 0.29) is 0 Å². The molecule has 0 radical (unpaired) electrons. The molecule has 106 valence electrons. The SMILES string of the molecule is N#Cc1cnc(Nc2ccc(N3CCCCC3)cc2)cn1. The van der Waals surface area contributed by atoms with Crippen LogP contribution in [0.5, 0.6) is 0 Å². The van der Waals surface area contributed by atoms with Gasteiger partial charge in [-0.15, -0.1) is 0 Å². The maximum absolute atomic E-state index is 8.70. The summed E-state index contributed by atoms with van der Waals surface area (Å²) in [6.45, 7) is 2.29. The van der Waals surface area contributed by atoms with Crippen LogP contribution in [-0.2, 0) is 0 Å². The minimum absolute atomic E-state index is 0.320. The molecule has 1 aromatic heterocycles. The normalized spacial score (nSPS) is 14.5. The maximum atomic E-state index is 8.70. The Morgan fingerprint density at radius 2 is 1.76 bits per heavy atom. The fraction of sp³-hybridized carbons (Fsp3) is 0.312. The van der Waals surface area contributed by atoms with E-state index in [0.29, 0.717) is 11.5 Å². The third-order valence-electron chi connectivity index (χ3n) is 3.63. The summed E-state index contributed by atoms with van der Waals surface area (Å²) in [7, 11) is 0. The molecular weight excluding hydrogens is 262 g/mol. The smallest absolute Gasteiger partial charge is 0.158 e. The van der Waals surface area contributed by atoms with Crippen LogP contribution < -0.4 is 10.2 Å². The van der Waals surface area contributed by atoms with Crippen LogP contribution in [0.3, 0.4) is 0 Å². The van der Waals surface area contributed by atoms with E-state index in [1.165, 1.54) is 31.1 Å². The van der Waals surface area contributed by atoms with Crippen LogP contribution in [-0.4, -0.2) is 23.1 Å². The highest BCUT2D eigenvalue weighted by Crippen LogP contribution is 2.22. The molecule has 1 fully saturated rings. The van der Waals surface area contributed by atoms with E-state index in [4.69, 9.17) is 5.26 Å². The fourth-order valence-corrected chi connectivity index (χ4v) is 2.51. The third kappa shape index (κ3) is 3.29. The third-order valence-corrected chi connectivity index (χ3v) is 3.63. The Morgan fingerprint density at radius 1 is 1.00 bits per heavy atom. The number of nitrogens with zero attached hydrogens (tertiary/aromatic N) is 4. The van der Waals surface area contributed by atoms with Crippen LogP contribution in [0.1, 0.15) is 25.0 Å². The van der Waals surface area contributed by atoms with Crippen LogP contribution in [0.2, 0.25) is 0 Å². The summed E-state index contributed by atoms with van der Waals surface area (Å²) in [4.78, 5) is 10.6. The van der Waals surface area contributed by atoms with Crippen molar-refractivity contribution >= 4 is 17.2 Å². The Labute approximate surface area is 124 Å². The average molecular weight is 279 g/mol. The summed E-state index contributed by atoms with van der Waals surface area (Å²) >= 11 is 0. The first-order chi connectivity index (χ1) is 10.3. The average Bonchev–Trinajstić information content (AvgIpc) is 2.57. The molecular formula is C16H17N5. The first-order valence-corrected chi connectivity index (χ1v) is 7.19. The van der Waals surface area contributed by atoms with E-state index in [1.807, 2.05) is 18.2 Å². The van der Waals surface area contributed by atoms with Crippen molar-refractivity contribution < 1.29 is 0 Å². The number of hydrogen-bond acceptors (Lipinski definition) is 5. The van der Waals surface area contributed by atoms with Crippen molar-refractivity contribution in [2.24, 2.45) is 0 Å². The summed E-state index contributed by atoms with van der Waals surface area (Å²) in [5, 5.41) is 11.9. The Hall–Kier alpha value is -2.61. The lowest BCUT2D eigenvalue weighted by molar-refractivity contribution is 0.578. The lowest BCUT2D eigenvalue weighted by atomic mass is 10.1. The minimum atomic E-state index is 0.320. The van der Waals surface area contributed by atoms with Gasteiger partial charge in [0.2, 0.25) is 0 Å². The number of piperidine rings is 1. The van der Waals surface area contributed by atoms with Gasteiger partial charge in [0.05, 0.1) is 12.4 Å². The van der Waals surface area contributed by atoms with Crippen molar-refractivity contribution in [3.05, 3.63) is 42.4 Å². The summed E-state index contributed by atoms with van der Waals surface area (Å²) < 4.78 is 0. The zero-order valence-electron chi connectivity index (χ0n) is 11.8. The highest BCUT2D eigenvalue weighted by Gasteiger charge is 2.10. The Bertz CT molecular complexity index is 621. The molecule has 0 unspecified atom stereocenters. The molecule has 2 heterocycles. The largest absolute Gasteiger partial charge is 0.372 e. The topological polar surface area (TPSA) is 64.8 Å². The number of rotatable bonds is 3. The zero-order chi connectivity index (χ0) is 14.5. The molecule has 0 spiro atoms. The van der Waals surface area contributed by atoms with Crippen LogP contribution in [0.25, 0.3) is 0 Å². The fourth-order valence-electron chi connectivity index (χ4n) is 2.51. The Kier molecular flexibility index (Phi) is 3.97. The summed E-state index contributed by atoms with van der Waals surface area (Å²) in [5.41, 5.74) is 2.56. The first kappa shape index (κ1) is 13.4. The molecule has 0 aliphatic carbocycles. The number of nitrogens with one attached hydrogen (secondary N) is 1. The van der Waals surface area contributed by atoms with Gasteiger partial charge in [0.15, 0.2) is 5.69 Å². The van der Waals surface area contributed by atoms with Gasteiger partial charge in [-0.25, -0.2) is 9.97 Å². The van der Waals surface area contributed by atoms with Crippen molar-refractivity contribution in [2.75, 3.05) is 23.3 Å². The molecule has 1 N–H and O–H groups in total. The highest BCUT2D eigenvalue weighted by molar-refractivity contribution is 5.60. The maximum Gasteiger partial charge on any atom is 0.158 e. The van der Waals surface area contributed by atoms with E-state index < -0.39 is 0 Å². The molecule has 3 rings (SSSR count). The number of aromatic nitrogens is 2. The van der Waals surface area contributed by atoms with Gasteiger partial charge in [0.25, 0.3) is 0 Å². The first-order valence-electron chi connectivity index (χ1n) is 7.19.